The number of hydrazine groups is 1. The van der Waals surface area contributed by atoms with E-state index in [0.29, 0.717) is 35.0 Å². The quantitative estimate of drug-likeness (QED) is 0.361. The highest BCUT2D eigenvalue weighted by Crippen LogP contribution is 2.19. The Kier molecular flexibility index (Phi) is 8.72. The third kappa shape index (κ3) is 6.20. The van der Waals surface area contributed by atoms with E-state index in [0.717, 1.165) is 18.8 Å². The van der Waals surface area contributed by atoms with Crippen molar-refractivity contribution in [3.8, 4) is 0 Å². The summed E-state index contributed by atoms with van der Waals surface area (Å²) in [5, 5.41) is 0. The van der Waals surface area contributed by atoms with Crippen molar-refractivity contribution in [1.29, 1.82) is 0 Å². The fourth-order valence-corrected chi connectivity index (χ4v) is 3.95. The van der Waals surface area contributed by atoms with Crippen LogP contribution in [-0.4, -0.2) is 52.3 Å². The number of benzene rings is 1. The van der Waals surface area contributed by atoms with Crippen molar-refractivity contribution >= 4 is 51.7 Å². The Morgan fingerprint density at radius 3 is 2.39 bits per heavy atom. The van der Waals surface area contributed by atoms with Crippen LogP contribution in [0.15, 0.2) is 24.3 Å². The van der Waals surface area contributed by atoms with Gasteiger partial charge in [0, 0.05) is 37.3 Å². The second-order valence-corrected chi connectivity index (χ2v) is 7.89. The average molecular weight is 423 g/mol. The molecule has 0 spiro atoms. The third-order valence-electron chi connectivity index (χ3n) is 4.45. The molecule has 28 heavy (non-hydrogen) atoms. The van der Waals surface area contributed by atoms with Crippen molar-refractivity contribution in [3.63, 3.8) is 0 Å². The molecule has 1 saturated heterocycles. The highest BCUT2D eigenvalue weighted by molar-refractivity contribution is 8.23. The molecule has 3 amide bonds. The van der Waals surface area contributed by atoms with Crippen LogP contribution in [0.25, 0.3) is 0 Å². The second kappa shape index (κ2) is 11.0. The Hall–Kier alpha value is -2.13. The van der Waals surface area contributed by atoms with Crippen LogP contribution in [0.4, 0.5) is 5.69 Å². The van der Waals surface area contributed by atoms with Crippen LogP contribution in [0.5, 0.6) is 0 Å². The molecule has 7 nitrogen and oxygen atoms in total. The van der Waals surface area contributed by atoms with Crippen LogP contribution < -0.4 is 15.8 Å². The smallest absolute Gasteiger partial charge is 0.269 e. The van der Waals surface area contributed by atoms with Gasteiger partial charge in [0.1, 0.15) is 4.32 Å². The Balaban J connectivity index is 1.68. The first-order valence-corrected chi connectivity index (χ1v) is 10.8. The van der Waals surface area contributed by atoms with Crippen molar-refractivity contribution in [3.05, 3.63) is 29.8 Å². The Morgan fingerprint density at radius 1 is 1.14 bits per heavy atom. The van der Waals surface area contributed by atoms with Crippen LogP contribution >= 0.6 is 24.0 Å². The van der Waals surface area contributed by atoms with Gasteiger partial charge in [-0.25, -0.2) is 0 Å². The molecule has 1 aromatic carbocycles. The number of thiocarbonyl (C=S) groups is 1. The molecular formula is C19H26N4O3S2. The van der Waals surface area contributed by atoms with Gasteiger partial charge >= 0.3 is 0 Å². The molecule has 0 unspecified atom stereocenters. The molecular weight excluding hydrogens is 396 g/mol. The molecule has 1 aliphatic heterocycles. The van der Waals surface area contributed by atoms with Crippen molar-refractivity contribution in [2.24, 2.45) is 0 Å². The topological polar surface area (TPSA) is 81.8 Å². The van der Waals surface area contributed by atoms with Gasteiger partial charge in [-0.1, -0.05) is 24.0 Å². The highest BCUT2D eigenvalue weighted by atomic mass is 32.2. The van der Waals surface area contributed by atoms with Crippen LogP contribution in [-0.2, 0) is 9.59 Å². The minimum Gasteiger partial charge on any atom is -0.372 e. The molecule has 9 heteroatoms. The molecule has 1 aliphatic rings. The van der Waals surface area contributed by atoms with E-state index in [1.54, 1.807) is 17.0 Å². The van der Waals surface area contributed by atoms with Crippen molar-refractivity contribution < 1.29 is 14.4 Å². The molecule has 0 bridgehead atoms. The lowest BCUT2D eigenvalue weighted by Crippen LogP contribution is -2.41. The molecule has 2 N–H and O–H groups in total. The van der Waals surface area contributed by atoms with Crippen molar-refractivity contribution in [2.45, 2.75) is 33.1 Å². The first kappa shape index (κ1) is 22.2. The lowest BCUT2D eigenvalue weighted by molar-refractivity contribution is -0.124. The lowest BCUT2D eigenvalue weighted by Gasteiger charge is -2.21. The van der Waals surface area contributed by atoms with E-state index in [2.05, 4.69) is 29.6 Å². The third-order valence-corrected chi connectivity index (χ3v) is 5.88. The lowest BCUT2D eigenvalue weighted by atomic mass is 10.2. The highest BCUT2D eigenvalue weighted by Gasteiger charge is 2.25. The normalized spacial score (nSPS) is 13.6. The average Bonchev–Trinajstić information content (AvgIpc) is 3.02. The van der Waals surface area contributed by atoms with Gasteiger partial charge in [0.05, 0.1) is 5.75 Å². The van der Waals surface area contributed by atoms with Gasteiger partial charge < -0.3 is 4.90 Å². The molecule has 0 aliphatic carbocycles. The van der Waals surface area contributed by atoms with Gasteiger partial charge in [0.2, 0.25) is 11.8 Å². The molecule has 152 valence electrons. The monoisotopic (exact) mass is 422 g/mol. The second-order valence-electron chi connectivity index (χ2n) is 6.28. The summed E-state index contributed by atoms with van der Waals surface area (Å²) in [6.45, 7) is 6.48. The molecule has 2 rings (SSSR count). The molecule has 0 aromatic heterocycles. The largest absolute Gasteiger partial charge is 0.372 e. The first-order valence-electron chi connectivity index (χ1n) is 9.37. The predicted molar refractivity (Wildman–Crippen MR) is 116 cm³/mol. The van der Waals surface area contributed by atoms with Crippen LogP contribution in [0.3, 0.4) is 0 Å². The summed E-state index contributed by atoms with van der Waals surface area (Å²) in [5.41, 5.74) is 6.39. The van der Waals surface area contributed by atoms with E-state index in [1.807, 2.05) is 12.1 Å². The summed E-state index contributed by atoms with van der Waals surface area (Å²) >= 11 is 6.48. The van der Waals surface area contributed by atoms with E-state index < -0.39 is 0 Å². The Bertz CT molecular complexity index is 704. The number of thioether (sulfide) groups is 1. The summed E-state index contributed by atoms with van der Waals surface area (Å²) in [7, 11) is 0. The van der Waals surface area contributed by atoms with Gasteiger partial charge in [-0.05, 0) is 51.0 Å². The van der Waals surface area contributed by atoms with Gasteiger partial charge in [0.25, 0.3) is 5.91 Å². The van der Waals surface area contributed by atoms with Gasteiger partial charge in [0.15, 0.2) is 0 Å². The minimum atomic E-state index is -0.357. The van der Waals surface area contributed by atoms with E-state index in [1.165, 1.54) is 11.8 Å². The number of amides is 3. The number of hydrogen-bond acceptors (Lipinski definition) is 6. The van der Waals surface area contributed by atoms with Crippen LogP contribution in [0.1, 0.15) is 43.5 Å². The fraction of sp³-hybridized carbons (Fsp3) is 0.474. The summed E-state index contributed by atoms with van der Waals surface area (Å²) in [6.07, 6.45) is 1.56. The first-order chi connectivity index (χ1) is 13.5. The zero-order valence-electron chi connectivity index (χ0n) is 16.2. The Labute approximate surface area is 175 Å². The van der Waals surface area contributed by atoms with Crippen molar-refractivity contribution in [2.75, 3.05) is 30.3 Å². The molecule has 1 fully saturated rings. The molecule has 1 heterocycles. The minimum absolute atomic E-state index is 0.0266. The maximum Gasteiger partial charge on any atom is 0.269 e. The number of nitrogens with one attached hydrogen (secondary N) is 2. The van der Waals surface area contributed by atoms with Gasteiger partial charge in [-0.15, -0.1) is 0 Å². The number of carbonyl (C=O) groups is 3. The molecule has 0 radical (unpaired) electrons. The van der Waals surface area contributed by atoms with E-state index >= 15 is 0 Å². The maximum absolute atomic E-state index is 12.1. The zero-order chi connectivity index (χ0) is 20.5. The predicted octanol–water partition coefficient (Wildman–Crippen LogP) is 2.32. The maximum atomic E-state index is 12.1. The summed E-state index contributed by atoms with van der Waals surface area (Å²) < 4.78 is 0.605. The molecule has 0 atom stereocenters. The number of anilines is 1. The SMILES string of the molecule is CCN(CC)c1ccc(C(=O)NNC(=O)CCCCN2C(=O)CSC2=S)cc1. The zero-order valence-corrected chi connectivity index (χ0v) is 17.8. The van der Waals surface area contributed by atoms with Crippen LogP contribution in [0, 0.1) is 0 Å². The van der Waals surface area contributed by atoms with E-state index in [-0.39, 0.29) is 24.1 Å². The Morgan fingerprint density at radius 2 is 1.82 bits per heavy atom. The van der Waals surface area contributed by atoms with Gasteiger partial charge in [-0.3, -0.25) is 30.1 Å². The van der Waals surface area contributed by atoms with Crippen molar-refractivity contribution in [1.82, 2.24) is 15.8 Å². The molecule has 1 aromatic rings. The standard InChI is InChI=1S/C19H26N4O3S2/c1-3-22(4-2)15-10-8-14(9-11-15)18(26)21-20-16(24)7-5-6-12-23-17(25)13-28-19(23)27/h8-11H,3-7,12-13H2,1-2H3,(H,20,24)(H,21,26). The van der Waals surface area contributed by atoms with E-state index in [9.17, 15) is 14.4 Å². The molecule has 0 saturated carbocycles. The van der Waals surface area contributed by atoms with E-state index in [4.69, 9.17) is 12.2 Å². The number of rotatable bonds is 9. The number of unbranched alkanes of at least 4 members (excludes halogenated alkanes) is 1. The number of hydrogen-bond donors (Lipinski definition) is 2. The number of nitrogens with zero attached hydrogens (tertiary/aromatic N) is 2. The summed E-state index contributed by atoms with van der Waals surface area (Å²) in [4.78, 5) is 39.4. The number of carbonyl (C=O) groups excluding carboxylic acids is 3. The fourth-order valence-electron chi connectivity index (χ4n) is 2.83. The van der Waals surface area contributed by atoms with Crippen LogP contribution in [0.2, 0.25) is 0 Å². The summed E-state index contributed by atoms with van der Waals surface area (Å²) in [6, 6.07) is 7.27. The van der Waals surface area contributed by atoms with Gasteiger partial charge in [-0.2, -0.15) is 0 Å². The summed E-state index contributed by atoms with van der Waals surface area (Å²) in [5.74, 6) is -0.192.